The van der Waals surface area contributed by atoms with Crippen molar-refractivity contribution in [2.75, 3.05) is 12.0 Å². The third-order valence-electron chi connectivity index (χ3n) is 1.80. The zero-order valence-corrected chi connectivity index (χ0v) is 10.5. The van der Waals surface area contributed by atoms with Gasteiger partial charge in [0, 0.05) is 17.5 Å². The van der Waals surface area contributed by atoms with Gasteiger partial charge >= 0.3 is 0 Å². The molecule has 0 atom stereocenters. The molecule has 0 unspecified atom stereocenters. The van der Waals surface area contributed by atoms with Crippen molar-refractivity contribution in [1.29, 1.82) is 0 Å². The first-order valence-electron chi connectivity index (χ1n) is 5.70. The molecule has 2 rings (SSSR count). The highest BCUT2D eigenvalue weighted by atomic mass is 15.0. The lowest BCUT2D eigenvalue weighted by Crippen LogP contribution is -2.07. The van der Waals surface area contributed by atoms with Gasteiger partial charge in [-0.1, -0.05) is 39.8 Å². The number of anilines is 1. The molecule has 1 heterocycles. The smallest absolute Gasteiger partial charge is 0.107 e. The van der Waals surface area contributed by atoms with E-state index < -0.39 is 0 Å². The van der Waals surface area contributed by atoms with Crippen LogP contribution in [0.2, 0.25) is 0 Å². The molecule has 15 heavy (non-hydrogen) atoms. The van der Waals surface area contributed by atoms with E-state index in [0.29, 0.717) is 6.67 Å². The maximum atomic E-state index is 4.11. The molecule has 1 aliphatic heterocycles. The Morgan fingerprint density at radius 2 is 1.80 bits per heavy atom. The van der Waals surface area contributed by atoms with Gasteiger partial charge in [0.25, 0.3) is 0 Å². The average molecular weight is 206 g/mol. The number of nitrogens with one attached hydrogen (secondary N) is 1. The number of benzene rings is 1. The minimum Gasteiger partial charge on any atom is -0.366 e. The van der Waals surface area contributed by atoms with Crippen LogP contribution in [-0.4, -0.2) is 12.9 Å². The normalized spacial score (nSPS) is 11.0. The molecule has 0 bridgehead atoms. The molecule has 0 aliphatic carbocycles. The second kappa shape index (κ2) is 8.04. The highest BCUT2D eigenvalue weighted by molar-refractivity contribution is 5.89. The molecule has 0 saturated heterocycles. The summed E-state index contributed by atoms with van der Waals surface area (Å²) in [5, 5.41) is 3.21. The van der Waals surface area contributed by atoms with Crippen molar-refractivity contribution in [2.45, 2.75) is 34.6 Å². The molecular weight excluding hydrogens is 184 g/mol. The van der Waals surface area contributed by atoms with Crippen molar-refractivity contribution in [2.24, 2.45) is 4.99 Å². The van der Waals surface area contributed by atoms with Crippen molar-refractivity contribution in [3.63, 3.8) is 0 Å². The van der Waals surface area contributed by atoms with Crippen molar-refractivity contribution in [1.82, 2.24) is 0 Å². The summed E-state index contributed by atoms with van der Waals surface area (Å²) in [5.41, 5.74) is 3.66. The van der Waals surface area contributed by atoms with Gasteiger partial charge in [0.1, 0.15) is 6.67 Å². The Balaban J connectivity index is 0.000000442. The fourth-order valence-corrected chi connectivity index (χ4v) is 1.21. The summed E-state index contributed by atoms with van der Waals surface area (Å²) in [6.07, 6.45) is 1.91. The Bertz CT molecular complexity index is 303. The van der Waals surface area contributed by atoms with E-state index in [1.54, 1.807) is 0 Å². The van der Waals surface area contributed by atoms with Crippen LogP contribution in [0.4, 0.5) is 5.69 Å². The monoisotopic (exact) mass is 206 g/mol. The average Bonchev–Trinajstić information content (AvgIpc) is 2.34. The molecule has 1 aromatic carbocycles. The molecule has 1 aromatic rings. The van der Waals surface area contributed by atoms with E-state index in [2.05, 4.69) is 35.4 Å². The Labute approximate surface area is 93.4 Å². The maximum absolute atomic E-state index is 4.11. The predicted molar refractivity (Wildman–Crippen MR) is 70.0 cm³/mol. The van der Waals surface area contributed by atoms with Crippen LogP contribution >= 0.6 is 0 Å². The van der Waals surface area contributed by atoms with Gasteiger partial charge < -0.3 is 5.32 Å². The van der Waals surface area contributed by atoms with Gasteiger partial charge in [-0.2, -0.15) is 0 Å². The number of fused-ring (bicyclic) bond motifs is 1. The first-order valence-corrected chi connectivity index (χ1v) is 5.70. The fraction of sp³-hybridized carbons (Fsp3) is 0.462. The standard InChI is InChI=1S/C9H10N2.2C2H6/c1-7-2-3-8-5-10-6-11-9(8)4-7;2*1-2/h2-5,11H,6H2,1H3;2*1-2H3. The lowest BCUT2D eigenvalue weighted by Gasteiger charge is -2.12. The van der Waals surface area contributed by atoms with E-state index >= 15 is 0 Å². The van der Waals surface area contributed by atoms with E-state index in [9.17, 15) is 0 Å². The number of rotatable bonds is 0. The van der Waals surface area contributed by atoms with E-state index in [1.165, 1.54) is 16.8 Å². The van der Waals surface area contributed by atoms with Crippen LogP contribution in [-0.2, 0) is 0 Å². The first-order chi connectivity index (χ1) is 7.36. The predicted octanol–water partition coefficient (Wildman–Crippen LogP) is 3.85. The largest absolute Gasteiger partial charge is 0.366 e. The number of nitrogens with zero attached hydrogens (tertiary/aromatic N) is 1. The molecule has 84 valence electrons. The van der Waals surface area contributed by atoms with E-state index in [1.807, 2.05) is 33.9 Å². The minimum atomic E-state index is 0.705. The summed E-state index contributed by atoms with van der Waals surface area (Å²) >= 11 is 0. The zero-order chi connectivity index (χ0) is 11.7. The Hall–Kier alpha value is -1.31. The van der Waals surface area contributed by atoms with Gasteiger partial charge in [-0.3, -0.25) is 4.99 Å². The first kappa shape index (κ1) is 13.7. The highest BCUT2D eigenvalue weighted by Gasteiger charge is 2.02. The molecule has 1 aliphatic rings. The Kier molecular flexibility index (Phi) is 7.33. The molecule has 0 spiro atoms. The van der Waals surface area contributed by atoms with Crippen molar-refractivity contribution < 1.29 is 0 Å². The molecule has 0 amide bonds. The molecular formula is C13H22N2. The maximum Gasteiger partial charge on any atom is 0.107 e. The van der Waals surface area contributed by atoms with Crippen LogP contribution in [0.1, 0.15) is 38.8 Å². The van der Waals surface area contributed by atoms with Gasteiger partial charge in [0.2, 0.25) is 0 Å². The van der Waals surface area contributed by atoms with Crippen LogP contribution in [0, 0.1) is 6.92 Å². The van der Waals surface area contributed by atoms with Gasteiger partial charge in [0.05, 0.1) is 0 Å². The number of aryl methyl sites for hydroxylation is 1. The van der Waals surface area contributed by atoms with Crippen LogP contribution in [0.15, 0.2) is 23.2 Å². The third-order valence-corrected chi connectivity index (χ3v) is 1.80. The highest BCUT2D eigenvalue weighted by Crippen LogP contribution is 2.17. The number of hydrogen-bond acceptors (Lipinski definition) is 2. The van der Waals surface area contributed by atoms with Crippen LogP contribution in [0.3, 0.4) is 0 Å². The summed E-state index contributed by atoms with van der Waals surface area (Å²) < 4.78 is 0. The van der Waals surface area contributed by atoms with Crippen molar-refractivity contribution in [3.05, 3.63) is 29.3 Å². The van der Waals surface area contributed by atoms with Gasteiger partial charge in [-0.05, 0) is 18.6 Å². The molecule has 0 aromatic heterocycles. The molecule has 0 saturated carbocycles. The SMILES string of the molecule is CC.CC.Cc1ccc2c(c1)NCN=C2. The topological polar surface area (TPSA) is 24.4 Å². The summed E-state index contributed by atoms with van der Waals surface area (Å²) in [6, 6.07) is 6.32. The summed E-state index contributed by atoms with van der Waals surface area (Å²) in [5.74, 6) is 0. The summed E-state index contributed by atoms with van der Waals surface area (Å²) in [7, 11) is 0. The molecule has 2 nitrogen and oxygen atoms in total. The van der Waals surface area contributed by atoms with Gasteiger partial charge in [0.15, 0.2) is 0 Å². The second-order valence-corrected chi connectivity index (χ2v) is 2.74. The summed E-state index contributed by atoms with van der Waals surface area (Å²) in [4.78, 5) is 4.11. The molecule has 1 N–H and O–H groups in total. The fourth-order valence-electron chi connectivity index (χ4n) is 1.21. The quantitative estimate of drug-likeness (QED) is 0.685. The van der Waals surface area contributed by atoms with Gasteiger partial charge in [-0.15, -0.1) is 0 Å². The van der Waals surface area contributed by atoms with Crippen molar-refractivity contribution >= 4 is 11.9 Å². The van der Waals surface area contributed by atoms with Crippen LogP contribution < -0.4 is 5.32 Å². The van der Waals surface area contributed by atoms with E-state index in [4.69, 9.17) is 0 Å². The Morgan fingerprint density at radius 3 is 2.47 bits per heavy atom. The zero-order valence-electron chi connectivity index (χ0n) is 10.5. The second-order valence-electron chi connectivity index (χ2n) is 2.74. The van der Waals surface area contributed by atoms with E-state index in [0.717, 1.165) is 0 Å². The number of aliphatic imine (C=N–C) groups is 1. The summed E-state index contributed by atoms with van der Waals surface area (Å²) in [6.45, 7) is 10.8. The Morgan fingerprint density at radius 1 is 1.13 bits per heavy atom. The lowest BCUT2D eigenvalue weighted by molar-refractivity contribution is 1.12. The van der Waals surface area contributed by atoms with Gasteiger partial charge in [-0.25, -0.2) is 0 Å². The lowest BCUT2D eigenvalue weighted by atomic mass is 10.1. The molecule has 2 heteroatoms. The number of hydrogen-bond donors (Lipinski definition) is 1. The van der Waals surface area contributed by atoms with Crippen LogP contribution in [0.25, 0.3) is 0 Å². The minimum absolute atomic E-state index is 0.705. The van der Waals surface area contributed by atoms with E-state index in [-0.39, 0.29) is 0 Å². The molecule has 0 fully saturated rings. The van der Waals surface area contributed by atoms with Crippen molar-refractivity contribution in [3.8, 4) is 0 Å². The van der Waals surface area contributed by atoms with Crippen LogP contribution in [0.5, 0.6) is 0 Å². The third kappa shape index (κ3) is 4.15. The molecule has 0 radical (unpaired) electrons.